The molecule has 21 heavy (non-hydrogen) atoms. The van der Waals surface area contributed by atoms with E-state index < -0.39 is 5.60 Å². The molecule has 0 bridgehead atoms. The fourth-order valence-corrected chi connectivity index (χ4v) is 3.39. The molecule has 2 aliphatic rings. The van der Waals surface area contributed by atoms with Crippen LogP contribution in [0.2, 0.25) is 0 Å². The Morgan fingerprint density at radius 2 is 1.95 bits per heavy atom. The van der Waals surface area contributed by atoms with Gasteiger partial charge in [0.1, 0.15) is 5.60 Å². The molecule has 0 radical (unpaired) electrons. The third-order valence-electron chi connectivity index (χ3n) is 4.01. The highest BCUT2D eigenvalue weighted by atomic mass is 79.9. The monoisotopic (exact) mass is 360 g/mol. The Kier molecular flexibility index (Phi) is 5.17. The van der Waals surface area contributed by atoms with Crippen molar-refractivity contribution in [2.24, 2.45) is 5.92 Å². The third-order valence-corrected chi connectivity index (χ3v) is 4.93. The van der Waals surface area contributed by atoms with Crippen LogP contribution in [0.3, 0.4) is 0 Å². The first-order chi connectivity index (χ1) is 9.80. The first kappa shape index (κ1) is 16.6. The van der Waals surface area contributed by atoms with Crippen LogP contribution < -0.4 is 0 Å². The minimum Gasteiger partial charge on any atom is -0.444 e. The molecular weight excluding hydrogens is 336 g/mol. The zero-order valence-corrected chi connectivity index (χ0v) is 14.7. The van der Waals surface area contributed by atoms with Crippen molar-refractivity contribution in [1.82, 2.24) is 9.80 Å². The Hall–Kier alpha value is -0.780. The van der Waals surface area contributed by atoms with Crippen LogP contribution in [0.1, 0.15) is 40.0 Å². The van der Waals surface area contributed by atoms with E-state index in [2.05, 4.69) is 15.9 Å². The van der Waals surface area contributed by atoms with Crippen LogP contribution in [0.4, 0.5) is 4.79 Å². The highest BCUT2D eigenvalue weighted by molar-refractivity contribution is 9.09. The van der Waals surface area contributed by atoms with Crippen LogP contribution in [0.25, 0.3) is 0 Å². The van der Waals surface area contributed by atoms with Gasteiger partial charge in [-0.3, -0.25) is 4.79 Å². The molecule has 0 spiro atoms. The largest absolute Gasteiger partial charge is 0.444 e. The summed E-state index contributed by atoms with van der Waals surface area (Å²) in [7, 11) is 0. The summed E-state index contributed by atoms with van der Waals surface area (Å²) < 4.78 is 5.39. The summed E-state index contributed by atoms with van der Waals surface area (Å²) in [6, 6.07) is 0.278. The second-order valence-electron chi connectivity index (χ2n) is 6.97. The van der Waals surface area contributed by atoms with Crippen molar-refractivity contribution in [2.45, 2.75) is 51.7 Å². The average Bonchev–Trinajstić information content (AvgIpc) is 2.78. The molecule has 2 aliphatic heterocycles. The maximum Gasteiger partial charge on any atom is 0.410 e. The van der Waals surface area contributed by atoms with Crippen molar-refractivity contribution < 1.29 is 14.3 Å². The second-order valence-corrected chi connectivity index (χ2v) is 7.62. The van der Waals surface area contributed by atoms with Gasteiger partial charge in [-0.25, -0.2) is 4.79 Å². The number of hydrogen-bond donors (Lipinski definition) is 0. The maximum absolute atomic E-state index is 12.0. The van der Waals surface area contributed by atoms with Gasteiger partial charge in [0.05, 0.1) is 0 Å². The van der Waals surface area contributed by atoms with Crippen molar-refractivity contribution in [3.8, 4) is 0 Å². The van der Waals surface area contributed by atoms with Gasteiger partial charge in [0.15, 0.2) is 0 Å². The summed E-state index contributed by atoms with van der Waals surface area (Å²) in [5.74, 6) is 0.691. The maximum atomic E-state index is 12.0. The summed E-state index contributed by atoms with van der Waals surface area (Å²) in [6.07, 6.45) is 2.10. The number of nitrogens with zero attached hydrogens (tertiary/aromatic N) is 2. The molecule has 2 fully saturated rings. The van der Waals surface area contributed by atoms with Gasteiger partial charge in [-0.2, -0.15) is 0 Å². The lowest BCUT2D eigenvalue weighted by atomic mass is 10.0. The van der Waals surface area contributed by atoms with Crippen molar-refractivity contribution in [3.63, 3.8) is 0 Å². The summed E-state index contributed by atoms with van der Waals surface area (Å²) in [5.41, 5.74) is -0.456. The standard InChI is InChI=1S/C15H25BrN2O3/c1-15(2,3)21-14(20)17-6-4-12(5-7-17)18-10-11(9-16)8-13(18)19/h11-12H,4-10H2,1-3H3. The molecule has 0 aromatic heterocycles. The number of rotatable bonds is 2. The summed E-state index contributed by atoms with van der Waals surface area (Å²) in [5, 5.41) is 0.881. The van der Waals surface area contributed by atoms with Crippen LogP contribution in [0.5, 0.6) is 0 Å². The molecule has 6 heteroatoms. The van der Waals surface area contributed by atoms with E-state index in [0.717, 1.165) is 24.7 Å². The fourth-order valence-electron chi connectivity index (χ4n) is 2.95. The molecule has 2 amide bonds. The van der Waals surface area contributed by atoms with E-state index in [1.54, 1.807) is 4.90 Å². The molecule has 0 aromatic carbocycles. The minimum atomic E-state index is -0.456. The van der Waals surface area contributed by atoms with Crippen LogP contribution in [-0.4, -0.2) is 58.4 Å². The molecule has 2 heterocycles. The van der Waals surface area contributed by atoms with Crippen LogP contribution in [-0.2, 0) is 9.53 Å². The molecule has 0 aromatic rings. The zero-order chi connectivity index (χ0) is 15.6. The van der Waals surface area contributed by atoms with Gasteiger partial charge in [0.2, 0.25) is 5.91 Å². The molecule has 1 atom stereocenters. The quantitative estimate of drug-likeness (QED) is 0.711. The number of likely N-dealkylation sites (tertiary alicyclic amines) is 2. The molecule has 2 rings (SSSR count). The molecule has 0 N–H and O–H groups in total. The van der Waals surface area contributed by atoms with Crippen molar-refractivity contribution in [2.75, 3.05) is 25.0 Å². The number of ether oxygens (including phenoxy) is 1. The van der Waals surface area contributed by atoms with Crippen LogP contribution >= 0.6 is 15.9 Å². The fraction of sp³-hybridized carbons (Fsp3) is 0.867. The highest BCUT2D eigenvalue weighted by Crippen LogP contribution is 2.27. The smallest absolute Gasteiger partial charge is 0.410 e. The molecule has 1 unspecified atom stereocenters. The van der Waals surface area contributed by atoms with Gasteiger partial charge >= 0.3 is 6.09 Å². The van der Waals surface area contributed by atoms with Crippen molar-refractivity contribution >= 4 is 27.9 Å². The normalized spacial score (nSPS) is 24.6. The van der Waals surface area contributed by atoms with E-state index in [-0.39, 0.29) is 18.0 Å². The molecule has 0 aliphatic carbocycles. The van der Waals surface area contributed by atoms with E-state index in [4.69, 9.17) is 4.74 Å². The molecule has 5 nitrogen and oxygen atoms in total. The molecular formula is C15H25BrN2O3. The van der Waals surface area contributed by atoms with E-state index in [0.29, 0.717) is 25.4 Å². The number of carbonyl (C=O) groups excluding carboxylic acids is 2. The predicted molar refractivity (Wildman–Crippen MR) is 84.4 cm³/mol. The van der Waals surface area contributed by atoms with Crippen LogP contribution in [0.15, 0.2) is 0 Å². The number of piperidine rings is 1. The molecule has 120 valence electrons. The SMILES string of the molecule is CC(C)(C)OC(=O)N1CCC(N2CC(CBr)CC2=O)CC1. The second kappa shape index (κ2) is 6.55. The van der Waals surface area contributed by atoms with Crippen LogP contribution in [0, 0.1) is 5.92 Å². The number of hydrogen-bond acceptors (Lipinski definition) is 3. The molecule has 0 saturated carbocycles. The lowest BCUT2D eigenvalue weighted by molar-refractivity contribution is -0.130. The summed E-state index contributed by atoms with van der Waals surface area (Å²) in [6.45, 7) is 7.81. The van der Waals surface area contributed by atoms with Gasteiger partial charge in [-0.1, -0.05) is 15.9 Å². The molecule has 2 saturated heterocycles. The van der Waals surface area contributed by atoms with Gasteiger partial charge < -0.3 is 14.5 Å². The Morgan fingerprint density at radius 3 is 2.43 bits per heavy atom. The average molecular weight is 361 g/mol. The third kappa shape index (κ3) is 4.34. The summed E-state index contributed by atoms with van der Waals surface area (Å²) in [4.78, 5) is 27.8. The van der Waals surface area contributed by atoms with E-state index in [1.807, 2.05) is 25.7 Å². The Balaban J connectivity index is 1.83. The number of amides is 2. The summed E-state index contributed by atoms with van der Waals surface area (Å²) >= 11 is 3.46. The van der Waals surface area contributed by atoms with Crippen molar-refractivity contribution in [3.05, 3.63) is 0 Å². The van der Waals surface area contributed by atoms with E-state index in [1.165, 1.54) is 0 Å². The predicted octanol–water partition coefficient (Wildman–Crippen LogP) is 2.63. The van der Waals surface area contributed by atoms with Crippen molar-refractivity contribution in [1.29, 1.82) is 0 Å². The van der Waals surface area contributed by atoms with Gasteiger partial charge in [-0.15, -0.1) is 0 Å². The highest BCUT2D eigenvalue weighted by Gasteiger charge is 2.36. The Morgan fingerprint density at radius 1 is 1.33 bits per heavy atom. The lowest BCUT2D eigenvalue weighted by Crippen LogP contribution is -2.48. The topological polar surface area (TPSA) is 49.9 Å². The van der Waals surface area contributed by atoms with Gasteiger partial charge in [-0.05, 0) is 39.5 Å². The Bertz CT molecular complexity index is 400. The lowest BCUT2D eigenvalue weighted by Gasteiger charge is -2.37. The van der Waals surface area contributed by atoms with Gasteiger partial charge in [0.25, 0.3) is 0 Å². The first-order valence-electron chi connectivity index (χ1n) is 7.63. The van der Waals surface area contributed by atoms with E-state index >= 15 is 0 Å². The zero-order valence-electron chi connectivity index (χ0n) is 13.1. The van der Waals surface area contributed by atoms with Gasteiger partial charge in [0, 0.05) is 37.4 Å². The minimum absolute atomic E-state index is 0.243. The first-order valence-corrected chi connectivity index (χ1v) is 8.75. The number of carbonyl (C=O) groups is 2. The Labute approximate surface area is 135 Å². The number of halogens is 1. The number of alkyl halides is 1. The van der Waals surface area contributed by atoms with E-state index in [9.17, 15) is 9.59 Å².